The fraction of sp³-hybridized carbons (Fsp3) is 0.696. The number of hydrogen-bond donors (Lipinski definition) is 1. The van der Waals surface area contributed by atoms with Gasteiger partial charge < -0.3 is 19.4 Å². The Hall–Kier alpha value is -1.31. The molecule has 4 atom stereocenters. The Balaban J connectivity index is 1.66. The van der Waals surface area contributed by atoms with Crippen molar-refractivity contribution in [2.75, 3.05) is 27.4 Å². The minimum Gasteiger partial charge on any atom is -0.495 e. The van der Waals surface area contributed by atoms with Crippen molar-refractivity contribution in [3.05, 3.63) is 21.7 Å². The summed E-state index contributed by atoms with van der Waals surface area (Å²) in [7, 11) is 3.31. The largest absolute Gasteiger partial charge is 0.495 e. The number of oxime groups is 1. The molecule has 0 bridgehead atoms. The van der Waals surface area contributed by atoms with E-state index < -0.39 is 0 Å². The van der Waals surface area contributed by atoms with Crippen molar-refractivity contribution in [1.29, 1.82) is 0 Å². The zero-order valence-corrected chi connectivity index (χ0v) is 19.6. The fourth-order valence-electron chi connectivity index (χ4n) is 6.12. The van der Waals surface area contributed by atoms with Crippen LogP contribution < -0.4 is 9.47 Å². The van der Waals surface area contributed by atoms with Gasteiger partial charge in [0.05, 0.1) is 19.4 Å². The van der Waals surface area contributed by atoms with E-state index in [0.29, 0.717) is 5.92 Å². The van der Waals surface area contributed by atoms with Crippen molar-refractivity contribution in [2.24, 2.45) is 17.0 Å². The lowest BCUT2D eigenvalue weighted by atomic mass is 9.59. The second-order valence-corrected chi connectivity index (χ2v) is 10.3. The van der Waals surface area contributed by atoms with Crippen LogP contribution in [0.15, 0.2) is 15.7 Å². The maximum atomic E-state index is 10.4. The second-order valence-electron chi connectivity index (χ2n) is 9.47. The standard InChI is InChI=1S/C23H31BrN2O4/c1-13-6-16(25-29-3)8-19-23(13)9-17(12-27)26(10-14-4-5-14)11-15-7-18(28-2)21(24)22(30-19)20(15)23/h7,13-14,17,19,27H,4-6,8-12H2,1-3H3/t13-,17+,19-,23+/m1/s1. The van der Waals surface area contributed by atoms with Crippen LogP contribution in [0.4, 0.5) is 0 Å². The number of hydrogen-bond acceptors (Lipinski definition) is 6. The third-order valence-electron chi connectivity index (χ3n) is 7.72. The predicted octanol–water partition coefficient (Wildman–Crippen LogP) is 3.87. The Kier molecular flexibility index (Phi) is 5.27. The van der Waals surface area contributed by atoms with Crippen molar-refractivity contribution < 1.29 is 19.4 Å². The van der Waals surface area contributed by atoms with Gasteiger partial charge in [-0.3, -0.25) is 4.90 Å². The lowest BCUT2D eigenvalue weighted by Gasteiger charge is -2.45. The first-order valence-electron chi connectivity index (χ1n) is 11.0. The number of benzene rings is 1. The first-order valence-corrected chi connectivity index (χ1v) is 11.8. The molecule has 2 aliphatic carbocycles. The van der Waals surface area contributed by atoms with Gasteiger partial charge in [-0.05, 0) is 65.1 Å². The molecule has 2 aliphatic heterocycles. The van der Waals surface area contributed by atoms with Crippen LogP contribution in [0.5, 0.6) is 11.5 Å². The zero-order chi connectivity index (χ0) is 21.0. The van der Waals surface area contributed by atoms with Gasteiger partial charge in [0, 0.05) is 36.5 Å². The normalized spacial score (nSPS) is 34.2. The van der Waals surface area contributed by atoms with Crippen molar-refractivity contribution in [3.8, 4) is 11.5 Å². The van der Waals surface area contributed by atoms with E-state index in [4.69, 9.17) is 14.3 Å². The molecule has 2 heterocycles. The Labute approximate surface area is 186 Å². The topological polar surface area (TPSA) is 63.5 Å². The Bertz CT molecular complexity index is 871. The van der Waals surface area contributed by atoms with Gasteiger partial charge in [-0.2, -0.15) is 0 Å². The molecule has 164 valence electrons. The first kappa shape index (κ1) is 20.6. The molecule has 2 saturated carbocycles. The minimum atomic E-state index is -0.141. The zero-order valence-electron chi connectivity index (χ0n) is 18.0. The fourth-order valence-corrected chi connectivity index (χ4v) is 6.68. The highest BCUT2D eigenvalue weighted by Crippen LogP contribution is 2.61. The van der Waals surface area contributed by atoms with Gasteiger partial charge >= 0.3 is 0 Å². The summed E-state index contributed by atoms with van der Waals surface area (Å²) in [4.78, 5) is 7.62. The lowest BCUT2D eigenvalue weighted by Crippen LogP contribution is -2.52. The highest BCUT2D eigenvalue weighted by atomic mass is 79.9. The second kappa shape index (κ2) is 7.68. The SMILES string of the molecule is CON=C1C[C@@H](C)[C@]23C[C@@H](CO)N(CC4CC4)Cc4cc(OC)c(Br)c(c42)O[C@@H]3C1. The summed E-state index contributed by atoms with van der Waals surface area (Å²) in [6.45, 7) is 4.37. The van der Waals surface area contributed by atoms with E-state index in [0.717, 1.165) is 60.0 Å². The van der Waals surface area contributed by atoms with E-state index in [-0.39, 0.29) is 24.2 Å². The van der Waals surface area contributed by atoms with Crippen LogP contribution in [0.25, 0.3) is 0 Å². The number of methoxy groups -OCH3 is 1. The van der Waals surface area contributed by atoms with E-state index in [9.17, 15) is 5.11 Å². The maximum Gasteiger partial charge on any atom is 0.141 e. The van der Waals surface area contributed by atoms with Gasteiger partial charge in [0.1, 0.15) is 29.2 Å². The van der Waals surface area contributed by atoms with Crippen molar-refractivity contribution in [3.63, 3.8) is 0 Å². The molecule has 1 spiro atoms. The molecule has 30 heavy (non-hydrogen) atoms. The minimum absolute atomic E-state index is 0.0118. The number of rotatable bonds is 5. The van der Waals surface area contributed by atoms with Gasteiger partial charge in [0.25, 0.3) is 0 Å². The average molecular weight is 479 g/mol. The number of ether oxygens (including phenoxy) is 2. The molecule has 0 saturated heterocycles. The van der Waals surface area contributed by atoms with Crippen LogP contribution in [0.3, 0.4) is 0 Å². The predicted molar refractivity (Wildman–Crippen MR) is 118 cm³/mol. The van der Waals surface area contributed by atoms with E-state index in [2.05, 4.69) is 39.0 Å². The number of aliphatic hydroxyl groups is 1. The highest BCUT2D eigenvalue weighted by Gasteiger charge is 2.59. The third-order valence-corrected chi connectivity index (χ3v) is 8.47. The first-order chi connectivity index (χ1) is 14.5. The summed E-state index contributed by atoms with van der Waals surface area (Å²) in [5.41, 5.74) is 3.51. The molecular formula is C23H31BrN2O4. The van der Waals surface area contributed by atoms with Gasteiger partial charge in [0.15, 0.2) is 0 Å². The molecule has 5 rings (SSSR count). The van der Waals surface area contributed by atoms with Crippen molar-refractivity contribution >= 4 is 21.6 Å². The van der Waals surface area contributed by atoms with Crippen LogP contribution in [0.1, 0.15) is 50.2 Å². The summed E-state index contributed by atoms with van der Waals surface area (Å²) in [5.74, 6) is 2.84. The van der Waals surface area contributed by atoms with E-state index in [1.54, 1.807) is 14.2 Å². The summed E-state index contributed by atoms with van der Waals surface area (Å²) >= 11 is 3.76. The third kappa shape index (κ3) is 3.07. The van der Waals surface area contributed by atoms with Crippen LogP contribution in [-0.4, -0.2) is 55.2 Å². The van der Waals surface area contributed by atoms with Gasteiger partial charge in [-0.1, -0.05) is 12.1 Å². The molecule has 1 N–H and O–H groups in total. The summed E-state index contributed by atoms with van der Waals surface area (Å²) in [6.07, 6.45) is 5.14. The van der Waals surface area contributed by atoms with Crippen LogP contribution in [0, 0.1) is 11.8 Å². The highest BCUT2D eigenvalue weighted by molar-refractivity contribution is 9.10. The Morgan fingerprint density at radius 3 is 2.80 bits per heavy atom. The van der Waals surface area contributed by atoms with Gasteiger partial charge in [-0.15, -0.1) is 0 Å². The van der Waals surface area contributed by atoms with E-state index in [1.165, 1.54) is 24.0 Å². The van der Waals surface area contributed by atoms with Crippen molar-refractivity contribution in [2.45, 2.75) is 63.1 Å². The quantitative estimate of drug-likeness (QED) is 0.650. The molecule has 4 aliphatic rings. The summed E-state index contributed by atoms with van der Waals surface area (Å²) in [5, 5.41) is 14.7. The molecule has 7 heteroatoms. The van der Waals surface area contributed by atoms with Crippen molar-refractivity contribution in [1.82, 2.24) is 4.90 Å². The molecule has 1 aromatic carbocycles. The van der Waals surface area contributed by atoms with Crippen LogP contribution >= 0.6 is 15.9 Å². The maximum absolute atomic E-state index is 10.4. The molecule has 0 radical (unpaired) electrons. The molecule has 0 unspecified atom stereocenters. The summed E-state index contributed by atoms with van der Waals surface area (Å²) in [6, 6.07) is 2.31. The number of aliphatic hydroxyl groups excluding tert-OH is 1. The van der Waals surface area contributed by atoms with E-state index >= 15 is 0 Å². The molecule has 0 amide bonds. The average Bonchev–Trinajstić information content (AvgIpc) is 3.49. The molecule has 6 nitrogen and oxygen atoms in total. The number of nitrogens with zero attached hydrogens (tertiary/aromatic N) is 2. The molecular weight excluding hydrogens is 448 g/mol. The molecule has 1 aromatic rings. The van der Waals surface area contributed by atoms with Gasteiger partial charge in [0.2, 0.25) is 0 Å². The monoisotopic (exact) mass is 478 g/mol. The van der Waals surface area contributed by atoms with E-state index in [1.807, 2.05) is 0 Å². The smallest absolute Gasteiger partial charge is 0.141 e. The Morgan fingerprint density at radius 1 is 1.33 bits per heavy atom. The van der Waals surface area contributed by atoms with Crippen LogP contribution in [0.2, 0.25) is 0 Å². The summed E-state index contributed by atoms with van der Waals surface area (Å²) < 4.78 is 13.2. The molecule has 2 fully saturated rings. The lowest BCUT2D eigenvalue weighted by molar-refractivity contribution is 0.0390. The Morgan fingerprint density at radius 2 is 2.13 bits per heavy atom. The molecule has 0 aromatic heterocycles. The number of halogens is 1. The van der Waals surface area contributed by atoms with Gasteiger partial charge in [-0.25, -0.2) is 0 Å². The van der Waals surface area contributed by atoms with Crippen LogP contribution in [-0.2, 0) is 16.8 Å².